The monoisotopic (exact) mass is 490 g/mol. The van der Waals surface area contributed by atoms with E-state index in [1.165, 1.54) is 6.07 Å². The van der Waals surface area contributed by atoms with Crippen molar-refractivity contribution in [1.29, 1.82) is 0 Å². The Balaban J connectivity index is 1.42. The molecule has 4 aromatic rings. The average Bonchev–Trinajstić information content (AvgIpc) is 3.18. The van der Waals surface area contributed by atoms with Gasteiger partial charge in [-0.15, -0.1) is 0 Å². The smallest absolute Gasteiger partial charge is 0.311 e. The molecule has 0 bridgehead atoms. The molecule has 1 aromatic heterocycles. The van der Waals surface area contributed by atoms with Crippen LogP contribution in [0.4, 0.5) is 11.5 Å². The topological polar surface area (TPSA) is 99.3 Å². The highest BCUT2D eigenvalue weighted by Gasteiger charge is 2.16. The summed E-state index contributed by atoms with van der Waals surface area (Å²) in [5, 5.41) is 19.3. The lowest BCUT2D eigenvalue weighted by molar-refractivity contribution is -0.386. The minimum Gasteiger partial charge on any atom is -0.482 e. The van der Waals surface area contributed by atoms with Crippen LogP contribution in [0.1, 0.15) is 32.7 Å². The van der Waals surface area contributed by atoms with Crippen molar-refractivity contribution in [3.8, 4) is 5.75 Å². The first-order valence-corrected chi connectivity index (χ1v) is 11.2. The summed E-state index contributed by atoms with van der Waals surface area (Å²) < 4.78 is 7.48. The highest BCUT2D eigenvalue weighted by Crippen LogP contribution is 2.28. The molecule has 1 amide bonds. The van der Waals surface area contributed by atoms with Crippen molar-refractivity contribution < 1.29 is 14.5 Å². The maximum absolute atomic E-state index is 12.8. The highest BCUT2D eigenvalue weighted by atomic mass is 35.5. The number of nitro benzene ring substituents is 1. The molecule has 0 aliphatic carbocycles. The van der Waals surface area contributed by atoms with E-state index in [-0.39, 0.29) is 24.0 Å². The first-order chi connectivity index (χ1) is 16.8. The Morgan fingerprint density at radius 2 is 1.83 bits per heavy atom. The summed E-state index contributed by atoms with van der Waals surface area (Å²) in [5.41, 5.74) is 3.75. The fourth-order valence-electron chi connectivity index (χ4n) is 3.54. The van der Waals surface area contributed by atoms with Crippen LogP contribution in [0, 0.1) is 24.0 Å². The summed E-state index contributed by atoms with van der Waals surface area (Å²) in [5.74, 6) is 0.305. The van der Waals surface area contributed by atoms with Crippen molar-refractivity contribution >= 4 is 29.0 Å². The van der Waals surface area contributed by atoms with Crippen LogP contribution in [0.15, 0.2) is 72.8 Å². The molecular weight excluding hydrogens is 468 g/mol. The number of anilines is 1. The summed E-state index contributed by atoms with van der Waals surface area (Å²) in [6, 6.07) is 21.0. The van der Waals surface area contributed by atoms with Gasteiger partial charge in [-0.3, -0.25) is 19.6 Å². The molecule has 0 unspecified atom stereocenters. The quantitative estimate of drug-likeness (QED) is 0.243. The van der Waals surface area contributed by atoms with E-state index in [1.54, 1.807) is 54.1 Å². The molecule has 8 nitrogen and oxygen atoms in total. The lowest BCUT2D eigenvalue weighted by Gasteiger charge is -2.09. The van der Waals surface area contributed by atoms with Crippen molar-refractivity contribution in [3.63, 3.8) is 0 Å². The van der Waals surface area contributed by atoms with Crippen LogP contribution in [0.25, 0.3) is 0 Å². The van der Waals surface area contributed by atoms with Gasteiger partial charge in [-0.05, 0) is 60.9 Å². The largest absolute Gasteiger partial charge is 0.482 e. The third-order valence-corrected chi connectivity index (χ3v) is 5.62. The third kappa shape index (κ3) is 6.04. The van der Waals surface area contributed by atoms with Crippen molar-refractivity contribution in [3.05, 3.63) is 116 Å². The third-order valence-electron chi connectivity index (χ3n) is 5.36. The zero-order chi connectivity index (χ0) is 24.9. The van der Waals surface area contributed by atoms with Crippen molar-refractivity contribution in [2.24, 2.45) is 0 Å². The van der Waals surface area contributed by atoms with Gasteiger partial charge in [0.2, 0.25) is 0 Å². The summed E-state index contributed by atoms with van der Waals surface area (Å²) in [6.07, 6.45) is 0. The maximum atomic E-state index is 12.8. The molecule has 0 saturated heterocycles. The van der Waals surface area contributed by atoms with Crippen LogP contribution < -0.4 is 10.1 Å². The predicted octanol–water partition coefficient (Wildman–Crippen LogP) is 5.94. The number of carbonyl (C=O) groups is 1. The fraction of sp³-hybridized carbons (Fsp3) is 0.154. The number of hydrogen-bond acceptors (Lipinski definition) is 5. The Kier molecular flexibility index (Phi) is 7.12. The molecule has 0 aliphatic rings. The molecule has 178 valence electrons. The molecule has 0 radical (unpaired) electrons. The second-order valence-electron chi connectivity index (χ2n) is 8.13. The minimum atomic E-state index is -0.472. The van der Waals surface area contributed by atoms with Gasteiger partial charge in [0.1, 0.15) is 6.61 Å². The molecular formula is C26H23ClN4O4. The van der Waals surface area contributed by atoms with Gasteiger partial charge in [0.05, 0.1) is 11.5 Å². The van der Waals surface area contributed by atoms with E-state index in [0.29, 0.717) is 28.5 Å². The zero-order valence-electron chi connectivity index (χ0n) is 19.2. The van der Waals surface area contributed by atoms with E-state index in [0.717, 1.165) is 16.8 Å². The van der Waals surface area contributed by atoms with Crippen molar-refractivity contribution in [1.82, 2.24) is 9.78 Å². The van der Waals surface area contributed by atoms with Gasteiger partial charge in [-0.25, -0.2) is 0 Å². The van der Waals surface area contributed by atoms with Crippen LogP contribution in [0.2, 0.25) is 5.02 Å². The number of nitrogens with zero attached hydrogens (tertiary/aromatic N) is 3. The van der Waals surface area contributed by atoms with Gasteiger partial charge < -0.3 is 10.1 Å². The molecule has 0 aliphatic heterocycles. The SMILES string of the molecule is Cc1ccc(OCc2cccc(C(=O)Nc3cc(C)n(Cc4ccc(Cl)cc4)n3)c2)c([N+](=O)[O-])c1. The Labute approximate surface area is 207 Å². The highest BCUT2D eigenvalue weighted by molar-refractivity contribution is 6.30. The molecule has 35 heavy (non-hydrogen) atoms. The summed E-state index contributed by atoms with van der Waals surface area (Å²) >= 11 is 5.95. The van der Waals surface area contributed by atoms with Gasteiger partial charge in [0.25, 0.3) is 5.91 Å². The number of rotatable bonds is 8. The van der Waals surface area contributed by atoms with Crippen molar-refractivity contribution in [2.75, 3.05) is 5.32 Å². The van der Waals surface area contributed by atoms with E-state index >= 15 is 0 Å². The van der Waals surface area contributed by atoms with Gasteiger partial charge in [-0.1, -0.05) is 41.9 Å². The van der Waals surface area contributed by atoms with E-state index in [1.807, 2.05) is 31.2 Å². The van der Waals surface area contributed by atoms with Crippen molar-refractivity contribution in [2.45, 2.75) is 27.0 Å². The van der Waals surface area contributed by atoms with Gasteiger partial charge in [0, 0.05) is 28.4 Å². The summed E-state index contributed by atoms with van der Waals surface area (Å²) in [6.45, 7) is 4.33. The number of aromatic nitrogens is 2. The molecule has 0 atom stereocenters. The normalized spacial score (nSPS) is 10.7. The van der Waals surface area contributed by atoms with Crippen LogP contribution in [-0.4, -0.2) is 20.6 Å². The van der Waals surface area contributed by atoms with Gasteiger partial charge in [-0.2, -0.15) is 5.10 Å². The van der Waals surface area contributed by atoms with Crippen LogP contribution in [0.5, 0.6) is 5.75 Å². The second kappa shape index (κ2) is 10.4. The van der Waals surface area contributed by atoms with Crippen LogP contribution in [0.3, 0.4) is 0 Å². The molecule has 1 heterocycles. The van der Waals surface area contributed by atoms with E-state index in [9.17, 15) is 14.9 Å². The molecule has 0 spiro atoms. The summed E-state index contributed by atoms with van der Waals surface area (Å²) in [7, 11) is 0. The lowest BCUT2D eigenvalue weighted by Crippen LogP contribution is -2.13. The molecule has 0 saturated carbocycles. The van der Waals surface area contributed by atoms with Crippen LogP contribution >= 0.6 is 11.6 Å². The Bertz CT molecular complexity index is 1380. The summed E-state index contributed by atoms with van der Waals surface area (Å²) in [4.78, 5) is 23.7. The number of amides is 1. The second-order valence-corrected chi connectivity index (χ2v) is 8.56. The fourth-order valence-corrected chi connectivity index (χ4v) is 3.66. The Morgan fingerprint density at radius 3 is 2.57 bits per heavy atom. The average molecular weight is 491 g/mol. The Hall–Kier alpha value is -4.17. The Morgan fingerprint density at radius 1 is 1.06 bits per heavy atom. The number of benzene rings is 3. The predicted molar refractivity (Wildman–Crippen MR) is 134 cm³/mol. The molecule has 3 aromatic carbocycles. The number of aryl methyl sites for hydroxylation is 2. The van der Waals surface area contributed by atoms with E-state index in [4.69, 9.17) is 16.3 Å². The molecule has 1 N–H and O–H groups in total. The minimum absolute atomic E-state index is 0.0832. The number of ether oxygens (including phenoxy) is 1. The maximum Gasteiger partial charge on any atom is 0.311 e. The number of hydrogen-bond donors (Lipinski definition) is 1. The first kappa shape index (κ1) is 24.0. The van der Waals surface area contributed by atoms with Gasteiger partial charge in [0.15, 0.2) is 11.6 Å². The first-order valence-electron chi connectivity index (χ1n) is 10.9. The number of nitro groups is 1. The zero-order valence-corrected chi connectivity index (χ0v) is 20.0. The lowest BCUT2D eigenvalue weighted by atomic mass is 10.1. The van der Waals surface area contributed by atoms with E-state index < -0.39 is 4.92 Å². The number of halogens is 1. The number of nitrogens with one attached hydrogen (secondary N) is 1. The molecule has 4 rings (SSSR count). The molecule has 9 heteroatoms. The standard InChI is InChI=1S/C26H23ClN4O4/c1-17-6-11-24(23(12-17)31(33)34)35-16-20-4-3-5-21(14-20)26(32)28-25-13-18(2)30(29-25)15-19-7-9-22(27)10-8-19/h3-14H,15-16H2,1-2H3,(H,28,29,32). The van der Waals surface area contributed by atoms with E-state index in [2.05, 4.69) is 10.4 Å². The van der Waals surface area contributed by atoms with Crippen LogP contribution in [-0.2, 0) is 13.2 Å². The van der Waals surface area contributed by atoms with Gasteiger partial charge >= 0.3 is 5.69 Å². The molecule has 0 fully saturated rings. The number of carbonyl (C=O) groups excluding carboxylic acids is 1.